The van der Waals surface area contributed by atoms with Gasteiger partial charge in [-0.15, -0.1) is 11.6 Å². The van der Waals surface area contributed by atoms with E-state index in [-0.39, 0.29) is 11.8 Å². The van der Waals surface area contributed by atoms with Gasteiger partial charge < -0.3 is 5.32 Å². The van der Waals surface area contributed by atoms with Gasteiger partial charge in [-0.3, -0.25) is 4.79 Å². The summed E-state index contributed by atoms with van der Waals surface area (Å²) in [5, 5.41) is 2.69. The minimum absolute atomic E-state index is 0.101. The maximum Gasteiger partial charge on any atom is 0.229 e. The number of rotatable bonds is 3. The molecular weight excluding hydrogens is 200 g/mol. The second kappa shape index (κ2) is 4.96. The van der Waals surface area contributed by atoms with Gasteiger partial charge in [-0.1, -0.05) is 13.0 Å². The van der Waals surface area contributed by atoms with E-state index in [4.69, 9.17) is 11.6 Å². The second-order valence-electron chi connectivity index (χ2n) is 3.27. The zero-order valence-electron chi connectivity index (χ0n) is 8.25. The fourth-order valence-corrected chi connectivity index (χ4v) is 1.00. The van der Waals surface area contributed by atoms with Gasteiger partial charge in [0.15, 0.2) is 0 Å². The third-order valence-corrected chi connectivity index (χ3v) is 2.30. The van der Waals surface area contributed by atoms with E-state index >= 15 is 0 Å². The number of nitrogens with one attached hydrogen (secondary N) is 1. The van der Waals surface area contributed by atoms with Crippen LogP contribution in [0.3, 0.4) is 0 Å². The SMILES string of the molecule is Cc1ccc(NC(=O)C(C)CCl)nc1. The first-order chi connectivity index (χ1) is 6.63. The maximum absolute atomic E-state index is 11.4. The topological polar surface area (TPSA) is 42.0 Å². The number of aryl methyl sites for hydroxylation is 1. The van der Waals surface area contributed by atoms with Crippen molar-refractivity contribution in [3.8, 4) is 0 Å². The van der Waals surface area contributed by atoms with Gasteiger partial charge in [0, 0.05) is 18.0 Å². The highest BCUT2D eigenvalue weighted by molar-refractivity contribution is 6.19. The molecule has 0 bridgehead atoms. The van der Waals surface area contributed by atoms with Gasteiger partial charge in [-0.05, 0) is 18.6 Å². The number of halogens is 1. The third kappa shape index (κ3) is 3.00. The molecule has 0 radical (unpaired) electrons. The minimum Gasteiger partial charge on any atom is -0.310 e. The molecule has 1 atom stereocenters. The Bertz CT molecular complexity index is 310. The number of carbonyl (C=O) groups is 1. The standard InChI is InChI=1S/C10H13ClN2O/c1-7-3-4-9(12-6-7)13-10(14)8(2)5-11/h3-4,6,8H,5H2,1-2H3,(H,12,13,14). The molecule has 1 aromatic heterocycles. The van der Waals surface area contributed by atoms with Crippen molar-refractivity contribution in [3.63, 3.8) is 0 Å². The van der Waals surface area contributed by atoms with Crippen LogP contribution in [0.5, 0.6) is 0 Å². The molecule has 3 nitrogen and oxygen atoms in total. The van der Waals surface area contributed by atoms with E-state index in [1.807, 2.05) is 13.0 Å². The Morgan fingerprint density at radius 1 is 1.64 bits per heavy atom. The summed E-state index contributed by atoms with van der Waals surface area (Å²) in [5.74, 6) is 0.589. The van der Waals surface area contributed by atoms with Crippen molar-refractivity contribution in [3.05, 3.63) is 23.9 Å². The molecule has 1 unspecified atom stereocenters. The smallest absolute Gasteiger partial charge is 0.229 e. The van der Waals surface area contributed by atoms with Crippen LogP contribution in [0.1, 0.15) is 12.5 Å². The van der Waals surface area contributed by atoms with Crippen molar-refractivity contribution >= 4 is 23.3 Å². The zero-order valence-corrected chi connectivity index (χ0v) is 9.01. The lowest BCUT2D eigenvalue weighted by Crippen LogP contribution is -2.21. The van der Waals surface area contributed by atoms with Crippen LogP contribution in [0, 0.1) is 12.8 Å². The van der Waals surface area contributed by atoms with Crippen LogP contribution in [0.4, 0.5) is 5.82 Å². The van der Waals surface area contributed by atoms with Crippen molar-refractivity contribution in [1.29, 1.82) is 0 Å². The summed E-state index contributed by atoms with van der Waals surface area (Å²) in [6.45, 7) is 3.72. The molecule has 1 aromatic rings. The molecule has 76 valence electrons. The highest BCUT2D eigenvalue weighted by atomic mass is 35.5. The highest BCUT2D eigenvalue weighted by Gasteiger charge is 2.11. The van der Waals surface area contributed by atoms with Crippen LogP contribution >= 0.6 is 11.6 Å². The van der Waals surface area contributed by atoms with E-state index in [0.717, 1.165) is 5.56 Å². The van der Waals surface area contributed by atoms with Crippen LogP contribution in [-0.2, 0) is 4.79 Å². The lowest BCUT2D eigenvalue weighted by molar-refractivity contribution is -0.118. The van der Waals surface area contributed by atoms with Gasteiger partial charge in [0.25, 0.3) is 0 Å². The number of aromatic nitrogens is 1. The fraction of sp³-hybridized carbons (Fsp3) is 0.400. The van der Waals surface area contributed by atoms with Gasteiger partial charge in [0.05, 0.1) is 0 Å². The van der Waals surface area contributed by atoms with E-state index in [0.29, 0.717) is 11.7 Å². The lowest BCUT2D eigenvalue weighted by atomic mass is 10.2. The molecule has 14 heavy (non-hydrogen) atoms. The second-order valence-corrected chi connectivity index (χ2v) is 3.57. The summed E-state index contributed by atoms with van der Waals surface area (Å²) in [5.41, 5.74) is 1.06. The van der Waals surface area contributed by atoms with Gasteiger partial charge in [0.1, 0.15) is 5.82 Å². The van der Waals surface area contributed by atoms with Crippen molar-refractivity contribution in [2.24, 2.45) is 5.92 Å². The average molecular weight is 213 g/mol. The molecule has 4 heteroatoms. The van der Waals surface area contributed by atoms with Gasteiger partial charge in [-0.25, -0.2) is 4.98 Å². The monoisotopic (exact) mass is 212 g/mol. The molecule has 1 rings (SSSR count). The molecular formula is C10H13ClN2O. The van der Waals surface area contributed by atoms with Crippen LogP contribution in [0.2, 0.25) is 0 Å². The van der Waals surface area contributed by atoms with E-state index in [9.17, 15) is 4.79 Å². The summed E-state index contributed by atoms with van der Waals surface area (Å²) < 4.78 is 0. The van der Waals surface area contributed by atoms with Crippen LogP contribution in [0.15, 0.2) is 18.3 Å². The number of alkyl halides is 1. The van der Waals surface area contributed by atoms with Gasteiger partial charge in [-0.2, -0.15) is 0 Å². The molecule has 1 amide bonds. The van der Waals surface area contributed by atoms with E-state index in [2.05, 4.69) is 10.3 Å². The Morgan fingerprint density at radius 2 is 2.36 bits per heavy atom. The Balaban J connectivity index is 2.60. The number of hydrogen-bond acceptors (Lipinski definition) is 2. The van der Waals surface area contributed by atoms with Crippen LogP contribution in [0.25, 0.3) is 0 Å². The predicted octanol–water partition coefficient (Wildman–Crippen LogP) is 2.20. The molecule has 1 heterocycles. The average Bonchev–Trinajstić information content (AvgIpc) is 2.20. The minimum atomic E-state index is -0.195. The Labute approximate surface area is 88.5 Å². The number of pyridine rings is 1. The predicted molar refractivity (Wildman–Crippen MR) is 57.5 cm³/mol. The molecule has 1 N–H and O–H groups in total. The lowest BCUT2D eigenvalue weighted by Gasteiger charge is -2.08. The number of nitrogens with zero attached hydrogens (tertiary/aromatic N) is 1. The quantitative estimate of drug-likeness (QED) is 0.781. The molecule has 0 aliphatic carbocycles. The van der Waals surface area contributed by atoms with Crippen LogP contribution in [-0.4, -0.2) is 16.8 Å². The fourth-order valence-electron chi connectivity index (χ4n) is 0.861. The molecule has 0 aliphatic rings. The maximum atomic E-state index is 11.4. The first-order valence-electron chi connectivity index (χ1n) is 4.43. The molecule has 0 saturated carbocycles. The summed E-state index contributed by atoms with van der Waals surface area (Å²) in [4.78, 5) is 15.5. The van der Waals surface area contributed by atoms with Crippen molar-refractivity contribution < 1.29 is 4.79 Å². The molecule has 0 aromatic carbocycles. The Morgan fingerprint density at radius 3 is 2.86 bits per heavy atom. The normalized spacial score (nSPS) is 12.2. The van der Waals surface area contributed by atoms with Gasteiger partial charge in [0.2, 0.25) is 5.91 Å². The van der Waals surface area contributed by atoms with E-state index in [1.165, 1.54) is 0 Å². The molecule has 0 saturated heterocycles. The molecule has 0 aliphatic heterocycles. The summed E-state index contributed by atoms with van der Waals surface area (Å²) in [6, 6.07) is 3.67. The Hall–Kier alpha value is -1.09. The number of carbonyl (C=O) groups excluding carboxylic acids is 1. The first kappa shape index (κ1) is 11.0. The highest BCUT2D eigenvalue weighted by Crippen LogP contribution is 2.07. The van der Waals surface area contributed by atoms with Crippen molar-refractivity contribution in [1.82, 2.24) is 4.98 Å². The number of hydrogen-bond donors (Lipinski definition) is 1. The molecule has 0 fully saturated rings. The Kier molecular flexibility index (Phi) is 3.89. The van der Waals surface area contributed by atoms with Crippen molar-refractivity contribution in [2.75, 3.05) is 11.2 Å². The first-order valence-corrected chi connectivity index (χ1v) is 4.96. The van der Waals surface area contributed by atoms with Gasteiger partial charge >= 0.3 is 0 Å². The summed E-state index contributed by atoms with van der Waals surface area (Å²) in [6.07, 6.45) is 1.71. The van der Waals surface area contributed by atoms with E-state index in [1.54, 1.807) is 19.2 Å². The summed E-state index contributed by atoms with van der Waals surface area (Å²) in [7, 11) is 0. The van der Waals surface area contributed by atoms with Crippen molar-refractivity contribution in [2.45, 2.75) is 13.8 Å². The largest absolute Gasteiger partial charge is 0.310 e. The number of anilines is 1. The van der Waals surface area contributed by atoms with E-state index < -0.39 is 0 Å². The number of amides is 1. The third-order valence-electron chi connectivity index (χ3n) is 1.84. The molecule has 0 spiro atoms. The van der Waals surface area contributed by atoms with Crippen LogP contribution < -0.4 is 5.32 Å². The zero-order chi connectivity index (χ0) is 10.6. The summed E-state index contributed by atoms with van der Waals surface area (Å²) >= 11 is 5.56.